The Labute approximate surface area is 145 Å². The molecule has 25 heavy (non-hydrogen) atoms. The molecule has 3 rings (SSSR count). The number of carboxylic acid groups (broad SMARTS) is 1. The number of hydrogen-bond donors (Lipinski definition) is 2. The number of carboxylic acids is 1. The van der Waals surface area contributed by atoms with Crippen molar-refractivity contribution < 1.29 is 18.3 Å². The van der Waals surface area contributed by atoms with Gasteiger partial charge in [0.1, 0.15) is 6.54 Å². The summed E-state index contributed by atoms with van der Waals surface area (Å²) in [6, 6.07) is 11.8. The lowest BCUT2D eigenvalue weighted by Crippen LogP contribution is -2.35. The third-order valence-corrected chi connectivity index (χ3v) is 5.64. The molecule has 0 saturated heterocycles. The number of aliphatic carboxylic acids is 1. The van der Waals surface area contributed by atoms with Crippen molar-refractivity contribution in [2.75, 3.05) is 10.8 Å². The van der Waals surface area contributed by atoms with E-state index in [-0.39, 0.29) is 4.90 Å². The van der Waals surface area contributed by atoms with Crippen LogP contribution in [0, 0.1) is 13.8 Å². The summed E-state index contributed by atoms with van der Waals surface area (Å²) in [7, 11) is -4.00. The molecule has 7 heteroatoms. The largest absolute Gasteiger partial charge is 0.480 e. The predicted octanol–water partition coefficient (Wildman–Crippen LogP) is 3.06. The fraction of sp³-hybridized carbons (Fsp3) is 0.167. The second kappa shape index (κ2) is 6.25. The van der Waals surface area contributed by atoms with Gasteiger partial charge < -0.3 is 10.1 Å². The summed E-state index contributed by atoms with van der Waals surface area (Å²) in [4.78, 5) is 14.4. The van der Waals surface area contributed by atoms with Gasteiger partial charge in [0.25, 0.3) is 10.0 Å². The quantitative estimate of drug-likeness (QED) is 0.733. The minimum Gasteiger partial charge on any atom is -0.480 e. The van der Waals surface area contributed by atoms with Gasteiger partial charge >= 0.3 is 5.97 Å². The molecule has 0 amide bonds. The van der Waals surface area contributed by atoms with Crippen molar-refractivity contribution in [3.8, 4) is 0 Å². The Kier molecular flexibility index (Phi) is 4.26. The molecule has 130 valence electrons. The molecular formula is C18H18N2O4S. The van der Waals surface area contributed by atoms with Gasteiger partial charge in [0.2, 0.25) is 0 Å². The van der Waals surface area contributed by atoms with Crippen molar-refractivity contribution >= 4 is 32.6 Å². The number of nitrogens with one attached hydrogen (secondary N) is 1. The van der Waals surface area contributed by atoms with Crippen LogP contribution in [0.4, 0.5) is 5.69 Å². The van der Waals surface area contributed by atoms with Crippen molar-refractivity contribution in [1.82, 2.24) is 4.98 Å². The standard InChI is InChI=1S/C18H18N2O4S/c1-12-7-13(2)9-16(8-12)25(23,24)20(11-18(21)22)15-3-4-17-14(10-15)5-6-19-17/h3-10,19H,11H2,1-2H3,(H,21,22). The van der Waals surface area contributed by atoms with Crippen LogP contribution in [-0.4, -0.2) is 31.0 Å². The smallest absolute Gasteiger partial charge is 0.324 e. The number of aromatic nitrogens is 1. The SMILES string of the molecule is Cc1cc(C)cc(S(=O)(=O)N(CC(=O)O)c2ccc3[nH]ccc3c2)c1. The highest BCUT2D eigenvalue weighted by Gasteiger charge is 2.27. The van der Waals surface area contributed by atoms with Gasteiger partial charge in [0, 0.05) is 17.1 Å². The van der Waals surface area contributed by atoms with E-state index in [1.165, 1.54) is 0 Å². The molecule has 0 aliphatic heterocycles. The molecule has 0 spiro atoms. The van der Waals surface area contributed by atoms with Crippen LogP contribution in [0.2, 0.25) is 0 Å². The zero-order valence-corrected chi connectivity index (χ0v) is 14.7. The highest BCUT2D eigenvalue weighted by atomic mass is 32.2. The van der Waals surface area contributed by atoms with Crippen LogP contribution in [0.25, 0.3) is 10.9 Å². The number of anilines is 1. The molecule has 0 unspecified atom stereocenters. The molecule has 0 saturated carbocycles. The number of nitrogens with zero attached hydrogens (tertiary/aromatic N) is 1. The highest BCUT2D eigenvalue weighted by Crippen LogP contribution is 2.27. The molecule has 0 fully saturated rings. The molecule has 6 nitrogen and oxygen atoms in total. The van der Waals surface area contributed by atoms with Crippen LogP contribution in [0.15, 0.2) is 53.6 Å². The molecule has 1 aromatic heterocycles. The predicted molar refractivity (Wildman–Crippen MR) is 96.4 cm³/mol. The van der Waals surface area contributed by atoms with Crippen molar-refractivity contribution in [2.45, 2.75) is 18.7 Å². The number of carbonyl (C=O) groups is 1. The summed E-state index contributed by atoms with van der Waals surface area (Å²) >= 11 is 0. The summed E-state index contributed by atoms with van der Waals surface area (Å²) in [5.41, 5.74) is 2.77. The Hall–Kier alpha value is -2.80. The van der Waals surface area contributed by atoms with Gasteiger partial charge in [-0.25, -0.2) is 8.42 Å². The van der Waals surface area contributed by atoms with Gasteiger partial charge in [0.05, 0.1) is 10.6 Å². The first kappa shape index (κ1) is 17.0. The van der Waals surface area contributed by atoms with Crippen molar-refractivity contribution in [3.05, 3.63) is 59.8 Å². The summed E-state index contributed by atoms with van der Waals surface area (Å²) < 4.78 is 27.1. The summed E-state index contributed by atoms with van der Waals surface area (Å²) in [6.45, 7) is 2.96. The van der Waals surface area contributed by atoms with Crippen molar-refractivity contribution in [1.29, 1.82) is 0 Å². The summed E-state index contributed by atoms with van der Waals surface area (Å²) in [5, 5.41) is 10.0. The molecule has 0 aliphatic rings. The van der Waals surface area contributed by atoms with Crippen LogP contribution >= 0.6 is 0 Å². The number of rotatable bonds is 5. The topological polar surface area (TPSA) is 90.5 Å². The molecule has 0 radical (unpaired) electrons. The van der Waals surface area contributed by atoms with Crippen LogP contribution in [0.1, 0.15) is 11.1 Å². The van der Waals surface area contributed by atoms with Crippen LogP contribution in [0.5, 0.6) is 0 Å². The normalized spacial score (nSPS) is 11.6. The highest BCUT2D eigenvalue weighted by molar-refractivity contribution is 7.92. The van der Waals surface area contributed by atoms with E-state index in [0.717, 1.165) is 26.3 Å². The number of H-pyrrole nitrogens is 1. The minimum atomic E-state index is -4.00. The van der Waals surface area contributed by atoms with Crippen LogP contribution < -0.4 is 4.31 Å². The lowest BCUT2D eigenvalue weighted by Gasteiger charge is -2.23. The molecule has 0 atom stereocenters. The van der Waals surface area contributed by atoms with E-state index in [1.54, 1.807) is 56.4 Å². The van der Waals surface area contributed by atoms with Gasteiger partial charge in [-0.05, 0) is 61.4 Å². The van der Waals surface area contributed by atoms with E-state index < -0.39 is 22.5 Å². The fourth-order valence-corrected chi connectivity index (χ4v) is 4.44. The van der Waals surface area contributed by atoms with E-state index in [1.807, 2.05) is 6.07 Å². The Balaban J connectivity index is 2.15. The number of sulfonamides is 1. The van der Waals surface area contributed by atoms with Gasteiger partial charge in [-0.1, -0.05) is 6.07 Å². The number of aryl methyl sites for hydroxylation is 2. The fourth-order valence-electron chi connectivity index (χ4n) is 2.84. The molecule has 2 aromatic carbocycles. The average Bonchev–Trinajstić information content (AvgIpc) is 2.98. The summed E-state index contributed by atoms with van der Waals surface area (Å²) in [6.07, 6.45) is 1.74. The number of hydrogen-bond acceptors (Lipinski definition) is 3. The number of aromatic amines is 1. The van der Waals surface area contributed by atoms with Crippen LogP contribution in [-0.2, 0) is 14.8 Å². The van der Waals surface area contributed by atoms with E-state index in [9.17, 15) is 18.3 Å². The Morgan fingerprint density at radius 2 is 1.76 bits per heavy atom. The first-order chi connectivity index (χ1) is 11.8. The Morgan fingerprint density at radius 3 is 2.40 bits per heavy atom. The zero-order chi connectivity index (χ0) is 18.2. The molecule has 2 N–H and O–H groups in total. The minimum absolute atomic E-state index is 0.0837. The lowest BCUT2D eigenvalue weighted by molar-refractivity contribution is -0.135. The van der Waals surface area contributed by atoms with Crippen molar-refractivity contribution in [2.24, 2.45) is 0 Å². The Bertz CT molecular complexity index is 1030. The van der Waals surface area contributed by atoms with E-state index in [0.29, 0.717) is 5.69 Å². The van der Waals surface area contributed by atoms with Crippen molar-refractivity contribution in [3.63, 3.8) is 0 Å². The van der Waals surface area contributed by atoms with Gasteiger partial charge in [0.15, 0.2) is 0 Å². The maximum atomic E-state index is 13.1. The monoisotopic (exact) mass is 358 g/mol. The molecule has 0 aliphatic carbocycles. The third kappa shape index (κ3) is 3.36. The molecule has 0 bridgehead atoms. The maximum absolute atomic E-state index is 13.1. The second-order valence-corrected chi connectivity index (χ2v) is 7.84. The van der Waals surface area contributed by atoms with E-state index in [4.69, 9.17) is 0 Å². The van der Waals surface area contributed by atoms with Gasteiger partial charge in [-0.3, -0.25) is 9.10 Å². The lowest BCUT2D eigenvalue weighted by atomic mass is 10.2. The second-order valence-electron chi connectivity index (χ2n) is 5.98. The number of benzene rings is 2. The van der Waals surface area contributed by atoms with Gasteiger partial charge in [-0.15, -0.1) is 0 Å². The zero-order valence-electron chi connectivity index (χ0n) is 13.9. The summed E-state index contributed by atoms with van der Waals surface area (Å²) in [5.74, 6) is -1.22. The van der Waals surface area contributed by atoms with Gasteiger partial charge in [-0.2, -0.15) is 0 Å². The average molecular weight is 358 g/mol. The first-order valence-corrected chi connectivity index (χ1v) is 9.11. The van der Waals surface area contributed by atoms with E-state index in [2.05, 4.69) is 4.98 Å². The Morgan fingerprint density at radius 1 is 1.08 bits per heavy atom. The van der Waals surface area contributed by atoms with Crippen LogP contribution in [0.3, 0.4) is 0 Å². The first-order valence-electron chi connectivity index (χ1n) is 7.67. The molecule has 3 aromatic rings. The third-order valence-electron chi connectivity index (χ3n) is 3.89. The molecular weight excluding hydrogens is 340 g/mol. The maximum Gasteiger partial charge on any atom is 0.324 e. The van der Waals surface area contributed by atoms with E-state index >= 15 is 0 Å². The molecule has 1 heterocycles. The number of fused-ring (bicyclic) bond motifs is 1.